The van der Waals surface area contributed by atoms with Crippen LogP contribution in [0.2, 0.25) is 0 Å². The fourth-order valence-electron chi connectivity index (χ4n) is 2.71. The predicted octanol–water partition coefficient (Wildman–Crippen LogP) is 4.02. The summed E-state index contributed by atoms with van der Waals surface area (Å²) in [6, 6.07) is 17.4. The van der Waals surface area contributed by atoms with E-state index in [0.717, 1.165) is 29.8 Å². The number of anilines is 1. The van der Waals surface area contributed by atoms with Gasteiger partial charge in [0.2, 0.25) is 0 Å². The van der Waals surface area contributed by atoms with Crippen LogP contribution in [0.15, 0.2) is 54.6 Å². The minimum Gasteiger partial charge on any atom is -0.489 e. The van der Waals surface area contributed by atoms with Crippen molar-refractivity contribution in [2.45, 2.75) is 32.0 Å². The molecule has 0 aliphatic heterocycles. The van der Waals surface area contributed by atoms with Crippen LogP contribution in [-0.2, 0) is 16.1 Å². The molecule has 0 aromatic heterocycles. The van der Waals surface area contributed by atoms with E-state index in [0.29, 0.717) is 12.5 Å². The summed E-state index contributed by atoms with van der Waals surface area (Å²) in [5, 5.41) is 2.94. The first-order valence-electron chi connectivity index (χ1n) is 8.25. The van der Waals surface area contributed by atoms with E-state index < -0.39 is 5.60 Å². The first kappa shape index (κ1) is 16.5. The molecular weight excluding hydrogens is 302 g/mol. The summed E-state index contributed by atoms with van der Waals surface area (Å²) < 4.78 is 11.2. The number of carbonyl (C=O) groups excluding carboxylic acids is 1. The van der Waals surface area contributed by atoms with Gasteiger partial charge >= 0.3 is 0 Å². The highest BCUT2D eigenvalue weighted by molar-refractivity contribution is 5.97. The molecule has 24 heavy (non-hydrogen) atoms. The molecule has 0 unspecified atom stereocenters. The van der Waals surface area contributed by atoms with Crippen molar-refractivity contribution in [1.82, 2.24) is 0 Å². The number of hydrogen-bond acceptors (Lipinski definition) is 3. The number of hydrogen-bond donors (Lipinski definition) is 1. The molecule has 1 amide bonds. The summed E-state index contributed by atoms with van der Waals surface area (Å²) in [5.74, 6) is 0.995. The van der Waals surface area contributed by atoms with Gasteiger partial charge in [-0.2, -0.15) is 0 Å². The molecule has 2 aromatic rings. The monoisotopic (exact) mass is 325 g/mol. The summed E-state index contributed by atoms with van der Waals surface area (Å²) in [6.45, 7) is 2.38. The van der Waals surface area contributed by atoms with E-state index in [2.05, 4.69) is 5.32 Å². The standard InChI is InChI=1S/C20H23NO3/c1-20(23-2,16-8-9-16)19(22)21-17-10-12-18(13-11-17)24-14-15-6-4-3-5-7-15/h3-7,10-13,16H,8-9,14H2,1-2H3,(H,21,22)/t20-/m0/s1. The second kappa shape index (κ2) is 7.05. The van der Waals surface area contributed by atoms with Crippen LogP contribution < -0.4 is 10.1 Å². The number of nitrogens with one attached hydrogen (secondary N) is 1. The van der Waals surface area contributed by atoms with Crippen LogP contribution in [0, 0.1) is 5.92 Å². The number of methoxy groups -OCH3 is 1. The highest BCUT2D eigenvalue weighted by Gasteiger charge is 2.47. The number of carbonyl (C=O) groups is 1. The third kappa shape index (κ3) is 3.77. The first-order valence-corrected chi connectivity index (χ1v) is 8.25. The Morgan fingerprint density at radius 2 is 1.79 bits per heavy atom. The average molecular weight is 325 g/mol. The van der Waals surface area contributed by atoms with Crippen molar-refractivity contribution in [2.75, 3.05) is 12.4 Å². The van der Waals surface area contributed by atoms with E-state index >= 15 is 0 Å². The molecule has 126 valence electrons. The Hall–Kier alpha value is -2.33. The van der Waals surface area contributed by atoms with Crippen LogP contribution in [0.1, 0.15) is 25.3 Å². The van der Waals surface area contributed by atoms with E-state index in [1.165, 1.54) is 0 Å². The van der Waals surface area contributed by atoms with Crippen molar-refractivity contribution < 1.29 is 14.3 Å². The molecule has 0 spiro atoms. The van der Waals surface area contributed by atoms with Gasteiger partial charge in [-0.15, -0.1) is 0 Å². The van der Waals surface area contributed by atoms with Gasteiger partial charge in [0.1, 0.15) is 18.0 Å². The normalized spacial score (nSPS) is 16.2. The van der Waals surface area contributed by atoms with E-state index in [4.69, 9.17) is 9.47 Å². The van der Waals surface area contributed by atoms with Crippen molar-refractivity contribution in [3.05, 3.63) is 60.2 Å². The Kier molecular flexibility index (Phi) is 4.86. The van der Waals surface area contributed by atoms with Gasteiger partial charge in [-0.25, -0.2) is 0 Å². The Morgan fingerprint density at radius 1 is 1.12 bits per heavy atom. The predicted molar refractivity (Wildman–Crippen MR) is 94.0 cm³/mol. The lowest BCUT2D eigenvalue weighted by atomic mass is 9.99. The van der Waals surface area contributed by atoms with Gasteiger partial charge in [0.25, 0.3) is 5.91 Å². The number of ether oxygens (including phenoxy) is 2. The lowest BCUT2D eigenvalue weighted by Crippen LogP contribution is -2.43. The van der Waals surface area contributed by atoms with Crippen LogP contribution in [0.4, 0.5) is 5.69 Å². The Morgan fingerprint density at radius 3 is 2.38 bits per heavy atom. The smallest absolute Gasteiger partial charge is 0.256 e. The molecule has 4 nitrogen and oxygen atoms in total. The van der Waals surface area contributed by atoms with Crippen molar-refractivity contribution in [3.8, 4) is 5.75 Å². The van der Waals surface area contributed by atoms with Gasteiger partial charge < -0.3 is 14.8 Å². The maximum atomic E-state index is 12.5. The molecule has 0 bridgehead atoms. The highest BCUT2D eigenvalue weighted by atomic mass is 16.5. The van der Waals surface area contributed by atoms with Crippen LogP contribution in [0.3, 0.4) is 0 Å². The quantitative estimate of drug-likeness (QED) is 0.836. The molecule has 1 aliphatic rings. The summed E-state index contributed by atoms with van der Waals surface area (Å²) in [5.41, 5.74) is 1.12. The molecule has 1 atom stereocenters. The van der Waals surface area contributed by atoms with Gasteiger partial charge in [-0.1, -0.05) is 30.3 Å². The zero-order valence-corrected chi connectivity index (χ0v) is 14.1. The van der Waals surface area contributed by atoms with Crippen molar-refractivity contribution in [3.63, 3.8) is 0 Å². The number of amides is 1. The van der Waals surface area contributed by atoms with Gasteiger partial charge in [0.05, 0.1) is 0 Å². The zero-order valence-electron chi connectivity index (χ0n) is 14.1. The third-order valence-electron chi connectivity index (χ3n) is 4.59. The molecule has 1 fully saturated rings. The number of benzene rings is 2. The van der Waals surface area contributed by atoms with Gasteiger partial charge in [0, 0.05) is 12.8 Å². The molecule has 0 radical (unpaired) electrons. The second-order valence-electron chi connectivity index (χ2n) is 6.34. The average Bonchev–Trinajstić information content (AvgIpc) is 3.47. The van der Waals surface area contributed by atoms with E-state index in [1.807, 2.05) is 61.5 Å². The largest absolute Gasteiger partial charge is 0.489 e. The highest BCUT2D eigenvalue weighted by Crippen LogP contribution is 2.42. The summed E-state index contributed by atoms with van der Waals surface area (Å²) in [7, 11) is 1.60. The van der Waals surface area contributed by atoms with Crippen LogP contribution in [-0.4, -0.2) is 18.6 Å². The molecule has 1 N–H and O–H groups in total. The molecule has 0 saturated heterocycles. The molecule has 3 rings (SSSR count). The van der Waals surface area contributed by atoms with Crippen molar-refractivity contribution >= 4 is 11.6 Å². The second-order valence-corrected chi connectivity index (χ2v) is 6.34. The van der Waals surface area contributed by atoms with Gasteiger partial charge in [-0.05, 0) is 55.5 Å². The molecular formula is C20H23NO3. The van der Waals surface area contributed by atoms with Gasteiger partial charge in [-0.3, -0.25) is 4.79 Å². The minimum absolute atomic E-state index is 0.0922. The Bertz CT molecular complexity index is 680. The van der Waals surface area contributed by atoms with Gasteiger partial charge in [0.15, 0.2) is 0 Å². The van der Waals surface area contributed by atoms with Crippen LogP contribution in [0.5, 0.6) is 5.75 Å². The third-order valence-corrected chi connectivity index (χ3v) is 4.59. The summed E-state index contributed by atoms with van der Waals surface area (Å²) in [4.78, 5) is 12.5. The Labute approximate surface area is 142 Å². The van der Waals surface area contributed by atoms with Crippen LogP contribution in [0.25, 0.3) is 0 Å². The zero-order chi connectivity index (χ0) is 17.0. The molecule has 2 aromatic carbocycles. The topological polar surface area (TPSA) is 47.6 Å². The lowest BCUT2D eigenvalue weighted by molar-refractivity contribution is -0.138. The maximum Gasteiger partial charge on any atom is 0.256 e. The minimum atomic E-state index is -0.748. The summed E-state index contributed by atoms with van der Waals surface area (Å²) >= 11 is 0. The van der Waals surface area contributed by atoms with E-state index in [1.54, 1.807) is 7.11 Å². The molecule has 1 saturated carbocycles. The first-order chi connectivity index (χ1) is 11.6. The van der Waals surface area contributed by atoms with E-state index in [9.17, 15) is 4.79 Å². The fraction of sp³-hybridized carbons (Fsp3) is 0.350. The molecule has 1 aliphatic carbocycles. The molecule has 0 heterocycles. The SMILES string of the molecule is CO[C@](C)(C(=O)Nc1ccc(OCc2ccccc2)cc1)C1CC1. The lowest BCUT2D eigenvalue weighted by Gasteiger charge is -2.26. The maximum absolute atomic E-state index is 12.5. The van der Waals surface area contributed by atoms with Crippen molar-refractivity contribution in [2.24, 2.45) is 5.92 Å². The molecule has 4 heteroatoms. The summed E-state index contributed by atoms with van der Waals surface area (Å²) in [6.07, 6.45) is 2.09. The van der Waals surface area contributed by atoms with E-state index in [-0.39, 0.29) is 5.91 Å². The Balaban J connectivity index is 1.57. The van der Waals surface area contributed by atoms with Crippen molar-refractivity contribution in [1.29, 1.82) is 0 Å². The van der Waals surface area contributed by atoms with Crippen LogP contribution >= 0.6 is 0 Å². The fourth-order valence-corrected chi connectivity index (χ4v) is 2.71. The number of rotatable bonds is 7.